The average Bonchev–Trinajstić information content (AvgIpc) is 2.81. The molecule has 2 aromatic carbocycles. The van der Waals surface area contributed by atoms with Crippen molar-refractivity contribution in [3.8, 4) is 0 Å². The van der Waals surface area contributed by atoms with Gasteiger partial charge in [-0.25, -0.2) is 0 Å². The van der Waals surface area contributed by atoms with Gasteiger partial charge in [0.2, 0.25) is 0 Å². The Morgan fingerprint density at radius 2 is 1.40 bits per heavy atom. The molecule has 0 bridgehead atoms. The minimum absolute atomic E-state index is 0.159. The summed E-state index contributed by atoms with van der Waals surface area (Å²) in [5.41, 5.74) is 2.00. The van der Waals surface area contributed by atoms with Crippen molar-refractivity contribution in [2.75, 3.05) is 13.2 Å². The van der Waals surface area contributed by atoms with Crippen molar-refractivity contribution < 1.29 is 33.3 Å². The minimum atomic E-state index is -0.742. The number of carbonyl (C=O) groups excluding carboxylic acids is 3. The van der Waals surface area contributed by atoms with E-state index in [1.807, 2.05) is 60.7 Å². The summed E-state index contributed by atoms with van der Waals surface area (Å²) >= 11 is 0. The molecule has 0 spiro atoms. The van der Waals surface area contributed by atoms with E-state index in [0.717, 1.165) is 11.1 Å². The van der Waals surface area contributed by atoms with Crippen LogP contribution in [0.15, 0.2) is 60.7 Å². The second-order valence-electron chi connectivity index (χ2n) is 8.59. The van der Waals surface area contributed by atoms with Crippen molar-refractivity contribution >= 4 is 17.9 Å². The molecule has 188 valence electrons. The summed E-state index contributed by atoms with van der Waals surface area (Å²) in [6, 6.07) is 19.1. The summed E-state index contributed by atoms with van der Waals surface area (Å²) in [6.45, 7) is 5.37. The molecule has 1 fully saturated rings. The molecule has 0 unspecified atom stereocenters. The molecule has 8 heteroatoms. The smallest absolute Gasteiger partial charge is 0.303 e. The van der Waals surface area contributed by atoms with Crippen LogP contribution in [-0.2, 0) is 46.5 Å². The molecule has 0 radical (unpaired) electrons. The van der Waals surface area contributed by atoms with E-state index in [4.69, 9.17) is 18.9 Å². The van der Waals surface area contributed by atoms with Gasteiger partial charge in [-0.1, -0.05) is 60.7 Å². The largest absolute Gasteiger partial charge is 0.466 e. The summed E-state index contributed by atoms with van der Waals surface area (Å²) in [4.78, 5) is 37.7. The number of carbonyl (C=O) groups is 3. The number of hydrogen-bond acceptors (Lipinski definition) is 8. The molecule has 8 nitrogen and oxygen atoms in total. The van der Waals surface area contributed by atoms with Crippen LogP contribution in [0.5, 0.6) is 0 Å². The number of piperidine rings is 1. The van der Waals surface area contributed by atoms with Gasteiger partial charge < -0.3 is 18.9 Å². The number of rotatable bonds is 10. The van der Waals surface area contributed by atoms with Crippen molar-refractivity contribution in [3.63, 3.8) is 0 Å². The van der Waals surface area contributed by atoms with Crippen LogP contribution in [0.4, 0.5) is 0 Å². The van der Waals surface area contributed by atoms with Gasteiger partial charge >= 0.3 is 17.9 Å². The van der Waals surface area contributed by atoms with Crippen LogP contribution in [0.2, 0.25) is 0 Å². The topological polar surface area (TPSA) is 91.4 Å². The second-order valence-corrected chi connectivity index (χ2v) is 8.59. The molecule has 1 saturated heterocycles. The van der Waals surface area contributed by atoms with Crippen molar-refractivity contribution in [1.29, 1.82) is 0 Å². The Balaban J connectivity index is 1.92. The zero-order valence-electron chi connectivity index (χ0n) is 20.4. The van der Waals surface area contributed by atoms with Crippen molar-refractivity contribution in [1.82, 2.24) is 4.90 Å². The van der Waals surface area contributed by atoms with Crippen LogP contribution in [0.1, 0.15) is 38.3 Å². The first-order chi connectivity index (χ1) is 16.8. The van der Waals surface area contributed by atoms with Gasteiger partial charge in [-0.05, 0) is 11.1 Å². The molecule has 1 heterocycles. The predicted octanol–water partition coefficient (Wildman–Crippen LogP) is 3.27. The van der Waals surface area contributed by atoms with E-state index in [-0.39, 0.29) is 25.2 Å². The third-order valence-electron chi connectivity index (χ3n) is 5.81. The summed E-state index contributed by atoms with van der Waals surface area (Å²) in [5, 5.41) is 0. The number of esters is 3. The number of benzene rings is 2. The van der Waals surface area contributed by atoms with Gasteiger partial charge in [-0.15, -0.1) is 0 Å². The van der Waals surface area contributed by atoms with E-state index in [2.05, 4.69) is 4.90 Å². The Morgan fingerprint density at radius 1 is 0.800 bits per heavy atom. The lowest BCUT2D eigenvalue weighted by atomic mass is 9.90. The van der Waals surface area contributed by atoms with Crippen molar-refractivity contribution in [3.05, 3.63) is 71.8 Å². The molecule has 2 aromatic rings. The average molecular weight is 484 g/mol. The van der Waals surface area contributed by atoms with Crippen LogP contribution in [-0.4, -0.2) is 60.3 Å². The second kappa shape index (κ2) is 13.0. The number of nitrogens with zero attached hydrogens (tertiary/aromatic N) is 1. The zero-order chi connectivity index (χ0) is 25.2. The quantitative estimate of drug-likeness (QED) is 0.376. The Kier molecular flexibility index (Phi) is 9.81. The van der Waals surface area contributed by atoms with Crippen molar-refractivity contribution in [2.24, 2.45) is 0 Å². The Hall–Kier alpha value is -3.23. The molecule has 0 N–H and O–H groups in total. The maximum atomic E-state index is 12.2. The molecule has 0 saturated carbocycles. The lowest BCUT2D eigenvalue weighted by molar-refractivity contribution is -0.205. The van der Waals surface area contributed by atoms with Gasteiger partial charge in [0.15, 0.2) is 0 Å². The normalized spacial score (nSPS) is 22.3. The Bertz CT molecular complexity index is 966. The fraction of sp³-hybridized carbons (Fsp3) is 0.444. The molecule has 1 aliphatic rings. The third-order valence-corrected chi connectivity index (χ3v) is 5.81. The molecule has 3 rings (SSSR count). The first-order valence-electron chi connectivity index (χ1n) is 11.7. The van der Waals surface area contributed by atoms with Crippen LogP contribution < -0.4 is 0 Å². The van der Waals surface area contributed by atoms with E-state index >= 15 is 0 Å². The van der Waals surface area contributed by atoms with Crippen LogP contribution in [0.3, 0.4) is 0 Å². The molecule has 0 aliphatic carbocycles. The van der Waals surface area contributed by atoms with Crippen molar-refractivity contribution in [2.45, 2.75) is 64.7 Å². The standard InChI is InChI=1S/C27H33NO7/c1-19(29)32-15-14-24-26(35-21(3)31)27(33-18-23-12-8-5-9-13-23)25(34-20(2)30)17-28(24)16-22-10-6-4-7-11-22/h4-13,24-27H,14-18H2,1-3H3/t24-,25-,26+,27+/m0/s1. The van der Waals surface area contributed by atoms with E-state index in [1.54, 1.807) is 0 Å². The Morgan fingerprint density at radius 3 is 1.97 bits per heavy atom. The van der Waals surface area contributed by atoms with Gasteiger partial charge in [-0.2, -0.15) is 0 Å². The maximum Gasteiger partial charge on any atom is 0.303 e. The number of likely N-dealkylation sites (tertiary alicyclic amines) is 1. The number of hydrogen-bond donors (Lipinski definition) is 0. The summed E-state index contributed by atoms with van der Waals surface area (Å²) < 4.78 is 23.0. The molecule has 1 aliphatic heterocycles. The highest BCUT2D eigenvalue weighted by atomic mass is 16.6. The molecule has 4 atom stereocenters. The highest BCUT2D eigenvalue weighted by Gasteiger charge is 2.48. The lowest BCUT2D eigenvalue weighted by Crippen LogP contribution is -2.63. The summed E-state index contributed by atoms with van der Waals surface area (Å²) in [7, 11) is 0. The Labute approximate surface area is 206 Å². The lowest BCUT2D eigenvalue weighted by Gasteiger charge is -2.47. The highest BCUT2D eigenvalue weighted by molar-refractivity contribution is 5.67. The van der Waals surface area contributed by atoms with Gasteiger partial charge in [0, 0.05) is 40.3 Å². The fourth-order valence-electron chi connectivity index (χ4n) is 4.40. The van der Waals surface area contributed by atoms with Crippen LogP contribution in [0, 0.1) is 0 Å². The predicted molar refractivity (Wildman–Crippen MR) is 128 cm³/mol. The van der Waals surface area contributed by atoms with Gasteiger partial charge in [0.25, 0.3) is 0 Å². The number of ether oxygens (including phenoxy) is 4. The monoisotopic (exact) mass is 483 g/mol. The molecular weight excluding hydrogens is 450 g/mol. The molecule has 0 amide bonds. The van der Waals surface area contributed by atoms with E-state index in [1.165, 1.54) is 20.8 Å². The highest BCUT2D eigenvalue weighted by Crippen LogP contribution is 2.30. The first kappa shape index (κ1) is 26.4. The van der Waals surface area contributed by atoms with E-state index < -0.39 is 30.3 Å². The fourth-order valence-corrected chi connectivity index (χ4v) is 4.40. The summed E-state index contributed by atoms with van der Waals surface area (Å²) in [5.74, 6) is -1.29. The van der Waals surface area contributed by atoms with Gasteiger partial charge in [0.1, 0.15) is 18.3 Å². The van der Waals surface area contributed by atoms with Gasteiger partial charge in [-0.3, -0.25) is 19.3 Å². The minimum Gasteiger partial charge on any atom is -0.466 e. The zero-order valence-corrected chi connectivity index (χ0v) is 20.4. The third kappa shape index (κ3) is 8.19. The SMILES string of the molecule is CC(=O)OCC[C@H]1[C@@H](OC(C)=O)[C@H](OCc2ccccc2)[C@@H](OC(C)=O)CN1Cc1ccccc1. The maximum absolute atomic E-state index is 12.2. The van der Waals surface area contributed by atoms with Crippen LogP contribution in [0.25, 0.3) is 0 Å². The van der Waals surface area contributed by atoms with E-state index in [9.17, 15) is 14.4 Å². The van der Waals surface area contributed by atoms with E-state index in [0.29, 0.717) is 19.5 Å². The first-order valence-corrected chi connectivity index (χ1v) is 11.7. The molecule has 35 heavy (non-hydrogen) atoms. The summed E-state index contributed by atoms with van der Waals surface area (Å²) in [6.07, 6.45) is -1.68. The molecular formula is C27H33NO7. The molecule has 0 aromatic heterocycles. The van der Waals surface area contributed by atoms with Gasteiger partial charge in [0.05, 0.1) is 19.3 Å². The van der Waals surface area contributed by atoms with Crippen LogP contribution >= 0.6 is 0 Å².